The zero-order valence-corrected chi connectivity index (χ0v) is 10.6. The Morgan fingerprint density at radius 1 is 1.12 bits per heavy atom. The summed E-state index contributed by atoms with van der Waals surface area (Å²) in [5, 5.41) is 13.8. The van der Waals surface area contributed by atoms with Gasteiger partial charge in [0.25, 0.3) is 0 Å². The van der Waals surface area contributed by atoms with E-state index in [4.69, 9.17) is 0 Å². The number of aliphatic hydroxyl groups excluding tert-OH is 1. The second kappa shape index (κ2) is 6.02. The molecule has 2 aliphatic rings. The van der Waals surface area contributed by atoms with Crippen LogP contribution >= 0.6 is 0 Å². The van der Waals surface area contributed by atoms with Gasteiger partial charge in [-0.1, -0.05) is 26.2 Å². The van der Waals surface area contributed by atoms with Crippen LogP contribution < -0.4 is 5.32 Å². The van der Waals surface area contributed by atoms with Gasteiger partial charge in [-0.2, -0.15) is 0 Å². The fourth-order valence-electron chi connectivity index (χ4n) is 3.49. The molecule has 2 unspecified atom stereocenters. The fourth-order valence-corrected chi connectivity index (χ4v) is 3.49. The smallest absolute Gasteiger partial charge is 0.0608 e. The molecule has 0 spiro atoms. The van der Waals surface area contributed by atoms with Gasteiger partial charge in [-0.25, -0.2) is 0 Å². The van der Waals surface area contributed by atoms with Crippen LogP contribution in [0.1, 0.15) is 51.9 Å². The zero-order chi connectivity index (χ0) is 11.4. The zero-order valence-electron chi connectivity index (χ0n) is 10.6. The van der Waals surface area contributed by atoms with Crippen LogP contribution in [-0.4, -0.2) is 24.3 Å². The van der Waals surface area contributed by atoms with Gasteiger partial charge in [-0.05, 0) is 50.0 Å². The van der Waals surface area contributed by atoms with Crippen LogP contribution in [0.5, 0.6) is 0 Å². The van der Waals surface area contributed by atoms with Crippen LogP contribution in [0.25, 0.3) is 0 Å². The molecule has 2 rings (SSSR count). The summed E-state index contributed by atoms with van der Waals surface area (Å²) >= 11 is 0. The fraction of sp³-hybridized carbons (Fsp3) is 1.00. The molecule has 2 heteroatoms. The first-order valence-electron chi connectivity index (χ1n) is 7.20. The van der Waals surface area contributed by atoms with E-state index < -0.39 is 0 Å². The summed E-state index contributed by atoms with van der Waals surface area (Å²) < 4.78 is 0. The van der Waals surface area contributed by atoms with Gasteiger partial charge in [0.1, 0.15) is 0 Å². The van der Waals surface area contributed by atoms with Crippen molar-refractivity contribution < 1.29 is 5.11 Å². The van der Waals surface area contributed by atoms with Gasteiger partial charge in [0.05, 0.1) is 6.10 Å². The minimum atomic E-state index is -0.0365. The Bertz CT molecular complexity index is 193. The van der Waals surface area contributed by atoms with Crippen molar-refractivity contribution in [3.63, 3.8) is 0 Å². The highest BCUT2D eigenvalue weighted by atomic mass is 16.3. The van der Waals surface area contributed by atoms with Gasteiger partial charge in [-0.3, -0.25) is 0 Å². The molecule has 2 N–H and O–H groups in total. The lowest BCUT2D eigenvalue weighted by Crippen LogP contribution is -2.41. The minimum Gasteiger partial charge on any atom is -0.393 e. The molecule has 94 valence electrons. The highest BCUT2D eigenvalue weighted by Crippen LogP contribution is 2.35. The maximum atomic E-state index is 10.4. The molecule has 1 heterocycles. The third-order valence-corrected chi connectivity index (χ3v) is 4.77. The van der Waals surface area contributed by atoms with Crippen molar-refractivity contribution in [1.29, 1.82) is 0 Å². The predicted octanol–water partition coefficient (Wildman–Crippen LogP) is 2.56. The van der Waals surface area contributed by atoms with Crippen molar-refractivity contribution >= 4 is 0 Å². The molecule has 1 aliphatic heterocycles. The average Bonchev–Trinajstić information content (AvgIpc) is 2.39. The maximum absolute atomic E-state index is 10.4. The molecular formula is C14H27NO. The van der Waals surface area contributed by atoms with E-state index in [1.54, 1.807) is 0 Å². The second-order valence-electron chi connectivity index (χ2n) is 5.79. The van der Waals surface area contributed by atoms with Gasteiger partial charge in [0.2, 0.25) is 0 Å². The lowest BCUT2D eigenvalue weighted by atomic mass is 9.74. The Morgan fingerprint density at radius 2 is 1.88 bits per heavy atom. The molecule has 1 aliphatic carbocycles. The van der Waals surface area contributed by atoms with Crippen LogP contribution in [0, 0.1) is 17.8 Å². The molecule has 0 aromatic carbocycles. The molecule has 0 aromatic heterocycles. The van der Waals surface area contributed by atoms with E-state index >= 15 is 0 Å². The van der Waals surface area contributed by atoms with Crippen molar-refractivity contribution in [3.05, 3.63) is 0 Å². The minimum absolute atomic E-state index is 0.0365. The maximum Gasteiger partial charge on any atom is 0.0608 e. The number of aliphatic hydroxyl groups is 1. The van der Waals surface area contributed by atoms with E-state index in [0.29, 0.717) is 11.8 Å². The van der Waals surface area contributed by atoms with Crippen molar-refractivity contribution in [1.82, 2.24) is 5.32 Å². The summed E-state index contributed by atoms with van der Waals surface area (Å²) in [7, 11) is 0. The molecule has 0 aromatic rings. The lowest BCUT2D eigenvalue weighted by Gasteiger charge is -2.36. The summed E-state index contributed by atoms with van der Waals surface area (Å²) in [6, 6.07) is 0. The number of piperidine rings is 1. The summed E-state index contributed by atoms with van der Waals surface area (Å²) in [4.78, 5) is 0. The summed E-state index contributed by atoms with van der Waals surface area (Å²) in [5.41, 5.74) is 0. The molecule has 0 bridgehead atoms. The van der Waals surface area contributed by atoms with Crippen molar-refractivity contribution in [2.24, 2.45) is 17.8 Å². The van der Waals surface area contributed by atoms with Crippen LogP contribution in [0.2, 0.25) is 0 Å². The second-order valence-corrected chi connectivity index (χ2v) is 5.79. The van der Waals surface area contributed by atoms with Crippen LogP contribution in [-0.2, 0) is 0 Å². The first-order valence-corrected chi connectivity index (χ1v) is 7.20. The SMILES string of the molecule is CCC1CCC(C(O)C2CCCNC2)CC1. The molecule has 2 fully saturated rings. The number of hydrogen-bond donors (Lipinski definition) is 2. The molecule has 1 saturated carbocycles. The van der Waals surface area contributed by atoms with Gasteiger partial charge in [0, 0.05) is 6.54 Å². The average molecular weight is 225 g/mol. The van der Waals surface area contributed by atoms with Gasteiger partial charge < -0.3 is 10.4 Å². The first kappa shape index (κ1) is 12.4. The summed E-state index contributed by atoms with van der Waals surface area (Å²) in [5.74, 6) is 2.05. The van der Waals surface area contributed by atoms with E-state index in [1.165, 1.54) is 44.9 Å². The van der Waals surface area contributed by atoms with Crippen LogP contribution in [0.15, 0.2) is 0 Å². The van der Waals surface area contributed by atoms with Crippen molar-refractivity contribution in [2.45, 2.75) is 58.0 Å². The molecule has 0 radical (unpaired) electrons. The predicted molar refractivity (Wildman–Crippen MR) is 67.3 cm³/mol. The lowest BCUT2D eigenvalue weighted by molar-refractivity contribution is 0.0170. The third-order valence-electron chi connectivity index (χ3n) is 4.77. The van der Waals surface area contributed by atoms with Crippen LogP contribution in [0.4, 0.5) is 0 Å². The summed E-state index contributed by atoms with van der Waals surface area (Å²) in [6.45, 7) is 4.48. The molecule has 2 nitrogen and oxygen atoms in total. The van der Waals surface area contributed by atoms with E-state index in [1.807, 2.05) is 0 Å². The number of nitrogens with one attached hydrogen (secondary N) is 1. The van der Waals surface area contributed by atoms with Crippen molar-refractivity contribution in [2.75, 3.05) is 13.1 Å². The Labute approximate surface area is 99.8 Å². The van der Waals surface area contributed by atoms with Crippen LogP contribution in [0.3, 0.4) is 0 Å². The Morgan fingerprint density at radius 3 is 2.44 bits per heavy atom. The molecule has 2 atom stereocenters. The Balaban J connectivity index is 1.78. The molecular weight excluding hydrogens is 198 g/mol. The number of hydrogen-bond acceptors (Lipinski definition) is 2. The highest BCUT2D eigenvalue weighted by molar-refractivity contribution is 4.84. The molecule has 1 saturated heterocycles. The van der Waals surface area contributed by atoms with E-state index in [2.05, 4.69) is 12.2 Å². The molecule has 16 heavy (non-hydrogen) atoms. The molecule has 0 amide bonds. The van der Waals surface area contributed by atoms with E-state index in [0.717, 1.165) is 19.0 Å². The Hall–Kier alpha value is -0.0800. The van der Waals surface area contributed by atoms with Gasteiger partial charge in [-0.15, -0.1) is 0 Å². The highest BCUT2D eigenvalue weighted by Gasteiger charge is 2.31. The van der Waals surface area contributed by atoms with Crippen molar-refractivity contribution in [3.8, 4) is 0 Å². The monoisotopic (exact) mass is 225 g/mol. The largest absolute Gasteiger partial charge is 0.393 e. The third kappa shape index (κ3) is 2.98. The quantitative estimate of drug-likeness (QED) is 0.773. The summed E-state index contributed by atoms with van der Waals surface area (Å²) in [6.07, 6.45) is 8.97. The first-order chi connectivity index (χ1) is 7.81. The van der Waals surface area contributed by atoms with E-state index in [-0.39, 0.29) is 6.10 Å². The van der Waals surface area contributed by atoms with E-state index in [9.17, 15) is 5.11 Å². The van der Waals surface area contributed by atoms with Gasteiger partial charge >= 0.3 is 0 Å². The normalized spacial score (nSPS) is 38.2. The Kier molecular flexibility index (Phi) is 4.66. The van der Waals surface area contributed by atoms with Gasteiger partial charge in [0.15, 0.2) is 0 Å². The topological polar surface area (TPSA) is 32.3 Å². The standard InChI is InChI=1S/C14H27NO/c1-2-11-5-7-12(8-6-11)14(16)13-4-3-9-15-10-13/h11-16H,2-10H2,1H3. The number of rotatable bonds is 3.